The molecule has 0 aliphatic carbocycles. The fourth-order valence-corrected chi connectivity index (χ4v) is 4.31. The molecule has 1 aliphatic rings. The Bertz CT molecular complexity index is 1250. The van der Waals surface area contributed by atoms with Gasteiger partial charge in [0.2, 0.25) is 0 Å². The van der Waals surface area contributed by atoms with E-state index in [1.54, 1.807) is 0 Å². The van der Waals surface area contributed by atoms with E-state index in [1.165, 1.54) is 10.5 Å². The Hall–Kier alpha value is -3.64. The lowest BCUT2D eigenvalue weighted by Gasteiger charge is -2.25. The van der Waals surface area contributed by atoms with Crippen LogP contribution in [0, 0.1) is 6.92 Å². The van der Waals surface area contributed by atoms with Crippen molar-refractivity contribution in [1.82, 2.24) is 9.55 Å². The van der Waals surface area contributed by atoms with Crippen molar-refractivity contribution >= 4 is 22.6 Å². The highest BCUT2D eigenvalue weighted by Gasteiger charge is 2.23. The smallest absolute Gasteiger partial charge is 0.262 e. The Morgan fingerprint density at radius 3 is 2.81 bits per heavy atom. The summed E-state index contributed by atoms with van der Waals surface area (Å²) >= 11 is 0. The second-order valence-electron chi connectivity index (χ2n) is 8.38. The first-order valence-corrected chi connectivity index (χ1v) is 11.0. The quantitative estimate of drug-likeness (QED) is 0.497. The Balaban J connectivity index is 1.24. The van der Waals surface area contributed by atoms with Gasteiger partial charge in [-0.05, 0) is 42.8 Å². The number of aromatic nitrogens is 2. The predicted molar refractivity (Wildman–Crippen MR) is 125 cm³/mol. The number of benzene rings is 3. The van der Waals surface area contributed by atoms with Gasteiger partial charge in [0, 0.05) is 11.3 Å². The standard InChI is InChI=1S/C26H26N4O2/c1-19-6-5-9-22(14-19)32-18-26(31)27-21-10-11-24-23(15-21)28-25-17-29(12-13-30(24)25)16-20-7-3-2-4-8-20/h2-11,14-15H,12-13,16-18H2,1H3,(H,27,31)/p+1. The second-order valence-corrected chi connectivity index (χ2v) is 8.38. The van der Waals surface area contributed by atoms with Crippen molar-refractivity contribution < 1.29 is 14.4 Å². The van der Waals surface area contributed by atoms with Crippen molar-refractivity contribution in [2.24, 2.45) is 0 Å². The molecule has 0 fully saturated rings. The van der Waals surface area contributed by atoms with Crippen LogP contribution >= 0.6 is 0 Å². The van der Waals surface area contributed by atoms with Gasteiger partial charge in [0.1, 0.15) is 18.8 Å². The predicted octanol–water partition coefficient (Wildman–Crippen LogP) is 2.96. The van der Waals surface area contributed by atoms with Crippen LogP contribution in [0.2, 0.25) is 0 Å². The maximum absolute atomic E-state index is 12.4. The highest BCUT2D eigenvalue weighted by Crippen LogP contribution is 2.21. The van der Waals surface area contributed by atoms with Crippen LogP contribution in [0.3, 0.4) is 0 Å². The molecule has 1 aromatic heterocycles. The van der Waals surface area contributed by atoms with Gasteiger partial charge >= 0.3 is 0 Å². The largest absolute Gasteiger partial charge is 0.484 e. The monoisotopic (exact) mass is 427 g/mol. The molecule has 32 heavy (non-hydrogen) atoms. The average molecular weight is 428 g/mol. The highest BCUT2D eigenvalue weighted by molar-refractivity contribution is 5.94. The molecule has 3 aromatic carbocycles. The van der Waals surface area contributed by atoms with Crippen LogP contribution in [0.4, 0.5) is 5.69 Å². The summed E-state index contributed by atoms with van der Waals surface area (Å²) in [6.07, 6.45) is 0. The van der Waals surface area contributed by atoms with Crippen LogP contribution < -0.4 is 15.0 Å². The summed E-state index contributed by atoms with van der Waals surface area (Å²) in [5.41, 5.74) is 5.22. The molecule has 6 nitrogen and oxygen atoms in total. The third-order valence-corrected chi connectivity index (χ3v) is 5.86. The van der Waals surface area contributed by atoms with Crippen LogP contribution in [0.5, 0.6) is 5.75 Å². The lowest BCUT2D eigenvalue weighted by molar-refractivity contribution is -0.932. The number of rotatable bonds is 6. The molecule has 1 amide bonds. The molecule has 5 rings (SSSR count). The average Bonchev–Trinajstić information content (AvgIpc) is 3.15. The Morgan fingerprint density at radius 1 is 1.09 bits per heavy atom. The number of anilines is 1. The van der Waals surface area contributed by atoms with Crippen LogP contribution in [0.25, 0.3) is 11.0 Å². The molecular weight excluding hydrogens is 400 g/mol. The SMILES string of the molecule is Cc1cccc(OCC(=O)Nc2ccc3c(c2)nc2n3CC[NH+](Cc3ccccc3)C2)c1. The van der Waals surface area contributed by atoms with Crippen molar-refractivity contribution in [2.75, 3.05) is 18.5 Å². The topological polar surface area (TPSA) is 60.6 Å². The minimum atomic E-state index is -0.187. The molecule has 2 heterocycles. The number of hydrogen-bond donors (Lipinski definition) is 2. The number of quaternary nitrogens is 1. The Morgan fingerprint density at radius 2 is 1.97 bits per heavy atom. The molecule has 162 valence electrons. The minimum Gasteiger partial charge on any atom is -0.484 e. The number of nitrogens with one attached hydrogen (secondary N) is 2. The summed E-state index contributed by atoms with van der Waals surface area (Å²) in [5.74, 6) is 1.61. The molecular formula is C26H27N4O2+. The molecule has 1 atom stereocenters. The summed E-state index contributed by atoms with van der Waals surface area (Å²) < 4.78 is 7.90. The first kappa shape index (κ1) is 20.3. The zero-order valence-corrected chi connectivity index (χ0v) is 18.2. The molecule has 2 N–H and O–H groups in total. The number of ether oxygens (including phenoxy) is 1. The van der Waals surface area contributed by atoms with Gasteiger partial charge in [-0.2, -0.15) is 0 Å². The van der Waals surface area contributed by atoms with Gasteiger partial charge in [-0.1, -0.05) is 42.5 Å². The zero-order chi connectivity index (χ0) is 21.9. The van der Waals surface area contributed by atoms with Crippen molar-refractivity contribution in [2.45, 2.75) is 26.6 Å². The number of aryl methyl sites for hydroxylation is 1. The number of carbonyl (C=O) groups is 1. The first-order valence-electron chi connectivity index (χ1n) is 11.0. The van der Waals surface area contributed by atoms with Gasteiger partial charge in [-0.15, -0.1) is 0 Å². The molecule has 0 saturated heterocycles. The van der Waals surface area contributed by atoms with E-state index in [2.05, 4.69) is 40.2 Å². The summed E-state index contributed by atoms with van der Waals surface area (Å²) in [5, 5.41) is 2.92. The lowest BCUT2D eigenvalue weighted by atomic mass is 10.2. The van der Waals surface area contributed by atoms with Crippen LogP contribution in [-0.2, 0) is 24.4 Å². The number of carbonyl (C=O) groups excluding carboxylic acids is 1. The maximum Gasteiger partial charge on any atom is 0.262 e. The van der Waals surface area contributed by atoms with Crippen LogP contribution in [0.1, 0.15) is 17.0 Å². The van der Waals surface area contributed by atoms with E-state index in [0.29, 0.717) is 5.75 Å². The summed E-state index contributed by atoms with van der Waals surface area (Å²) in [6, 6.07) is 24.2. The number of fused-ring (bicyclic) bond motifs is 3. The van der Waals surface area contributed by atoms with Crippen LogP contribution in [-0.4, -0.2) is 28.6 Å². The molecule has 1 aliphatic heterocycles. The van der Waals surface area contributed by atoms with Gasteiger partial charge in [-0.25, -0.2) is 4.98 Å². The third kappa shape index (κ3) is 4.50. The van der Waals surface area contributed by atoms with E-state index in [-0.39, 0.29) is 12.5 Å². The van der Waals surface area contributed by atoms with Gasteiger partial charge in [0.05, 0.1) is 24.1 Å². The normalized spacial score (nSPS) is 15.3. The molecule has 0 bridgehead atoms. The van der Waals surface area contributed by atoms with Gasteiger partial charge in [-0.3, -0.25) is 4.79 Å². The van der Waals surface area contributed by atoms with Gasteiger partial charge in [0.15, 0.2) is 12.4 Å². The van der Waals surface area contributed by atoms with E-state index in [9.17, 15) is 4.79 Å². The fourth-order valence-electron chi connectivity index (χ4n) is 4.31. The van der Waals surface area contributed by atoms with E-state index in [0.717, 1.165) is 54.3 Å². The first-order chi connectivity index (χ1) is 15.6. The Kier molecular flexibility index (Phi) is 5.60. The number of amides is 1. The summed E-state index contributed by atoms with van der Waals surface area (Å²) in [4.78, 5) is 18.7. The van der Waals surface area contributed by atoms with E-state index >= 15 is 0 Å². The molecule has 0 radical (unpaired) electrons. The van der Waals surface area contributed by atoms with Gasteiger partial charge < -0.3 is 19.5 Å². The maximum atomic E-state index is 12.4. The van der Waals surface area contributed by atoms with Gasteiger partial charge in [0.25, 0.3) is 5.91 Å². The van der Waals surface area contributed by atoms with E-state index in [4.69, 9.17) is 9.72 Å². The third-order valence-electron chi connectivity index (χ3n) is 5.86. The minimum absolute atomic E-state index is 0.0288. The molecule has 0 saturated carbocycles. The Labute approximate surface area is 187 Å². The van der Waals surface area contributed by atoms with Crippen molar-refractivity contribution in [3.63, 3.8) is 0 Å². The zero-order valence-electron chi connectivity index (χ0n) is 18.2. The fraction of sp³-hybridized carbons (Fsp3) is 0.231. The van der Waals surface area contributed by atoms with E-state index in [1.807, 2.05) is 49.4 Å². The molecule has 6 heteroatoms. The summed E-state index contributed by atoms with van der Waals surface area (Å²) in [7, 11) is 0. The van der Waals surface area contributed by atoms with Crippen molar-refractivity contribution in [1.29, 1.82) is 0 Å². The molecule has 1 unspecified atom stereocenters. The molecule has 0 spiro atoms. The summed E-state index contributed by atoms with van der Waals surface area (Å²) in [6.45, 7) is 5.89. The lowest BCUT2D eigenvalue weighted by Crippen LogP contribution is -3.10. The van der Waals surface area contributed by atoms with Crippen molar-refractivity contribution in [3.8, 4) is 5.75 Å². The number of imidazole rings is 1. The second kappa shape index (κ2) is 8.85. The van der Waals surface area contributed by atoms with Crippen LogP contribution in [0.15, 0.2) is 72.8 Å². The van der Waals surface area contributed by atoms with Crippen molar-refractivity contribution in [3.05, 3.63) is 89.7 Å². The molecule has 4 aromatic rings. The van der Waals surface area contributed by atoms with E-state index < -0.39 is 0 Å². The number of hydrogen-bond acceptors (Lipinski definition) is 3. The number of nitrogens with zero attached hydrogens (tertiary/aromatic N) is 2. The highest BCUT2D eigenvalue weighted by atomic mass is 16.5.